The van der Waals surface area contributed by atoms with Crippen LogP contribution in [0.25, 0.3) is 11.4 Å². The van der Waals surface area contributed by atoms with Gasteiger partial charge < -0.3 is 14.7 Å². The van der Waals surface area contributed by atoms with Crippen molar-refractivity contribution < 1.29 is 27.8 Å². The van der Waals surface area contributed by atoms with Crippen molar-refractivity contribution in [1.29, 1.82) is 0 Å². The fraction of sp³-hybridized carbons (Fsp3) is 0.353. The summed E-state index contributed by atoms with van der Waals surface area (Å²) in [5, 5.41) is 9.07. The molecule has 1 aromatic heterocycles. The maximum Gasteiger partial charge on any atom is 0.411 e. The standard InChI is InChI=1S/C17H18F3N3O3/c18-17(19,20)12-26-9-7-23(6-8-24)16(25)14-10-21-15(22-11-14)13-4-2-1-3-5-13/h1-5,10-11,24H,6-9,12H2. The molecular formula is C17H18F3N3O3. The monoisotopic (exact) mass is 369 g/mol. The zero-order valence-electron chi connectivity index (χ0n) is 13.8. The lowest BCUT2D eigenvalue weighted by Gasteiger charge is -2.21. The Kier molecular flexibility index (Phi) is 7.05. The highest BCUT2D eigenvalue weighted by Crippen LogP contribution is 2.15. The van der Waals surface area contributed by atoms with Crippen molar-refractivity contribution in [1.82, 2.24) is 14.9 Å². The van der Waals surface area contributed by atoms with Crippen molar-refractivity contribution in [2.24, 2.45) is 0 Å². The second-order valence-corrected chi connectivity index (χ2v) is 5.34. The predicted molar refractivity (Wildman–Crippen MR) is 87.3 cm³/mol. The van der Waals surface area contributed by atoms with Gasteiger partial charge in [0.05, 0.1) is 18.8 Å². The van der Waals surface area contributed by atoms with Crippen molar-refractivity contribution in [3.63, 3.8) is 0 Å². The van der Waals surface area contributed by atoms with Crippen molar-refractivity contribution >= 4 is 5.91 Å². The van der Waals surface area contributed by atoms with E-state index in [1.54, 1.807) is 0 Å². The van der Waals surface area contributed by atoms with E-state index in [4.69, 9.17) is 5.11 Å². The third kappa shape index (κ3) is 6.08. The number of nitrogens with zero attached hydrogens (tertiary/aromatic N) is 3. The number of benzene rings is 1. The number of alkyl halides is 3. The molecule has 9 heteroatoms. The highest BCUT2D eigenvalue weighted by Gasteiger charge is 2.27. The van der Waals surface area contributed by atoms with Gasteiger partial charge in [0.1, 0.15) is 6.61 Å². The molecule has 0 aliphatic carbocycles. The van der Waals surface area contributed by atoms with E-state index in [0.717, 1.165) is 5.56 Å². The van der Waals surface area contributed by atoms with Gasteiger partial charge in [0.2, 0.25) is 0 Å². The number of hydrogen-bond acceptors (Lipinski definition) is 5. The molecule has 140 valence electrons. The third-order valence-corrected chi connectivity index (χ3v) is 3.36. The van der Waals surface area contributed by atoms with Crippen LogP contribution in [0.4, 0.5) is 13.2 Å². The first-order chi connectivity index (χ1) is 12.4. The van der Waals surface area contributed by atoms with Gasteiger partial charge in [0, 0.05) is 31.0 Å². The summed E-state index contributed by atoms with van der Waals surface area (Å²) in [6.45, 7) is -2.13. The topological polar surface area (TPSA) is 75.6 Å². The molecule has 6 nitrogen and oxygen atoms in total. The first-order valence-electron chi connectivity index (χ1n) is 7.83. The number of carbonyl (C=O) groups is 1. The van der Waals surface area contributed by atoms with Gasteiger partial charge in [-0.1, -0.05) is 30.3 Å². The third-order valence-electron chi connectivity index (χ3n) is 3.36. The summed E-state index contributed by atoms with van der Waals surface area (Å²) >= 11 is 0. The number of aromatic nitrogens is 2. The van der Waals surface area contributed by atoms with Crippen molar-refractivity contribution in [2.75, 3.05) is 32.9 Å². The number of aliphatic hydroxyl groups is 1. The number of hydrogen-bond donors (Lipinski definition) is 1. The first kappa shape index (κ1) is 19.8. The zero-order chi connectivity index (χ0) is 19.0. The summed E-state index contributed by atoms with van der Waals surface area (Å²) in [5.74, 6) is -0.0429. The number of amides is 1. The van der Waals surface area contributed by atoms with E-state index in [9.17, 15) is 18.0 Å². The molecule has 1 N–H and O–H groups in total. The molecule has 1 amide bonds. The molecule has 26 heavy (non-hydrogen) atoms. The Morgan fingerprint density at radius 2 is 1.77 bits per heavy atom. The minimum absolute atomic E-state index is 0.0331. The average molecular weight is 369 g/mol. The zero-order valence-corrected chi connectivity index (χ0v) is 13.8. The number of aliphatic hydroxyl groups excluding tert-OH is 1. The smallest absolute Gasteiger partial charge is 0.395 e. The summed E-state index contributed by atoms with van der Waals surface area (Å²) in [6, 6.07) is 9.18. The second-order valence-electron chi connectivity index (χ2n) is 5.34. The van der Waals surface area contributed by atoms with Crippen LogP contribution in [0.3, 0.4) is 0 Å². The highest BCUT2D eigenvalue weighted by molar-refractivity contribution is 5.93. The second kappa shape index (κ2) is 9.25. The SMILES string of the molecule is O=C(c1cnc(-c2ccccc2)nc1)N(CCO)CCOCC(F)(F)F. The molecule has 0 bridgehead atoms. The molecule has 2 aromatic rings. The number of ether oxygens (including phenoxy) is 1. The van der Waals surface area contributed by atoms with Crippen molar-refractivity contribution in [2.45, 2.75) is 6.18 Å². The van der Waals surface area contributed by atoms with Gasteiger partial charge in [-0.25, -0.2) is 9.97 Å². The minimum Gasteiger partial charge on any atom is -0.395 e. The van der Waals surface area contributed by atoms with Gasteiger partial charge in [-0.2, -0.15) is 13.2 Å². The molecule has 0 spiro atoms. The molecule has 0 radical (unpaired) electrons. The van der Waals surface area contributed by atoms with E-state index in [0.29, 0.717) is 5.82 Å². The number of carbonyl (C=O) groups excluding carboxylic acids is 1. The molecule has 0 aliphatic rings. The van der Waals surface area contributed by atoms with E-state index in [1.807, 2.05) is 30.3 Å². The molecule has 1 heterocycles. The lowest BCUT2D eigenvalue weighted by molar-refractivity contribution is -0.174. The minimum atomic E-state index is -4.42. The van der Waals surface area contributed by atoms with E-state index in [2.05, 4.69) is 14.7 Å². The highest BCUT2D eigenvalue weighted by atomic mass is 19.4. The molecule has 0 fully saturated rings. The van der Waals surface area contributed by atoms with Crippen LogP contribution < -0.4 is 0 Å². The van der Waals surface area contributed by atoms with Gasteiger partial charge in [-0.05, 0) is 0 Å². The van der Waals surface area contributed by atoms with Gasteiger partial charge in [0.15, 0.2) is 5.82 Å². The molecule has 1 aromatic carbocycles. The lowest BCUT2D eigenvalue weighted by Crippen LogP contribution is -2.37. The van der Waals surface area contributed by atoms with Gasteiger partial charge in [-0.15, -0.1) is 0 Å². The molecule has 0 saturated heterocycles. The first-order valence-corrected chi connectivity index (χ1v) is 7.83. The van der Waals surface area contributed by atoms with Crippen molar-refractivity contribution in [3.05, 3.63) is 48.3 Å². The Balaban J connectivity index is 1.99. The normalized spacial score (nSPS) is 11.4. The lowest BCUT2D eigenvalue weighted by atomic mass is 10.2. The maximum atomic E-state index is 12.4. The maximum absolute atomic E-state index is 12.4. The molecule has 0 saturated carbocycles. The summed E-state index contributed by atoms with van der Waals surface area (Å²) in [4.78, 5) is 21.9. The van der Waals surface area contributed by atoms with Crippen molar-refractivity contribution in [3.8, 4) is 11.4 Å². The Hall–Kier alpha value is -2.52. The van der Waals surface area contributed by atoms with Crippen LogP contribution in [0, 0.1) is 0 Å². The summed E-state index contributed by atoms with van der Waals surface area (Å²) < 4.78 is 40.7. The number of halogens is 3. The summed E-state index contributed by atoms with van der Waals surface area (Å²) in [5.41, 5.74) is 0.966. The number of rotatable bonds is 8. The average Bonchev–Trinajstić information content (AvgIpc) is 2.64. The van der Waals surface area contributed by atoms with E-state index in [1.165, 1.54) is 17.3 Å². The fourth-order valence-electron chi connectivity index (χ4n) is 2.16. The summed E-state index contributed by atoms with van der Waals surface area (Å²) in [7, 11) is 0. The predicted octanol–water partition coefficient (Wildman–Crippen LogP) is 2.16. The van der Waals surface area contributed by atoms with E-state index in [-0.39, 0.29) is 31.9 Å². The van der Waals surface area contributed by atoms with Crippen LogP contribution in [0.15, 0.2) is 42.7 Å². The van der Waals surface area contributed by atoms with Gasteiger partial charge in [-0.3, -0.25) is 4.79 Å². The van der Waals surface area contributed by atoms with Crippen LogP contribution in [-0.2, 0) is 4.74 Å². The largest absolute Gasteiger partial charge is 0.411 e. The molecular weight excluding hydrogens is 351 g/mol. The van der Waals surface area contributed by atoms with Gasteiger partial charge >= 0.3 is 6.18 Å². The Labute approximate surface area is 148 Å². The molecule has 2 rings (SSSR count). The summed E-state index contributed by atoms with van der Waals surface area (Å²) in [6.07, 6.45) is -1.73. The quantitative estimate of drug-likeness (QED) is 0.722. The molecule has 0 aliphatic heterocycles. The Morgan fingerprint density at radius 3 is 2.35 bits per heavy atom. The van der Waals surface area contributed by atoms with E-state index < -0.39 is 18.7 Å². The van der Waals surface area contributed by atoms with Gasteiger partial charge in [0.25, 0.3) is 5.91 Å². The van der Waals surface area contributed by atoms with Crippen LogP contribution in [0.5, 0.6) is 0 Å². The van der Waals surface area contributed by atoms with Crippen LogP contribution in [0.2, 0.25) is 0 Å². The molecule has 0 unspecified atom stereocenters. The Bertz CT molecular complexity index is 694. The van der Waals surface area contributed by atoms with E-state index >= 15 is 0 Å². The van der Waals surface area contributed by atoms with Crippen LogP contribution in [-0.4, -0.2) is 65.0 Å². The molecule has 0 atom stereocenters. The van der Waals surface area contributed by atoms with Crippen LogP contribution >= 0.6 is 0 Å². The Morgan fingerprint density at radius 1 is 1.12 bits per heavy atom. The van der Waals surface area contributed by atoms with Crippen LogP contribution in [0.1, 0.15) is 10.4 Å². The fourth-order valence-corrected chi connectivity index (χ4v) is 2.16.